The molecule has 3 aromatic carbocycles. The third kappa shape index (κ3) is 4.97. The van der Waals surface area contributed by atoms with E-state index in [9.17, 15) is 18.0 Å². The number of para-hydroxylation sites is 1. The highest BCUT2D eigenvalue weighted by Crippen LogP contribution is 2.27. The van der Waals surface area contributed by atoms with Crippen LogP contribution in [0, 0.1) is 13.8 Å². The summed E-state index contributed by atoms with van der Waals surface area (Å²) in [5, 5.41) is 2.72. The Morgan fingerprint density at radius 2 is 1.56 bits per heavy atom. The van der Waals surface area contributed by atoms with E-state index in [4.69, 9.17) is 4.74 Å². The molecule has 0 heterocycles. The average Bonchev–Trinajstić information content (AvgIpc) is 2.79. The van der Waals surface area contributed by atoms with Crippen LogP contribution in [-0.2, 0) is 19.6 Å². The molecule has 8 heteroatoms. The average molecular weight is 453 g/mol. The Hall–Kier alpha value is -3.65. The Balaban J connectivity index is 1.95. The van der Waals surface area contributed by atoms with Crippen LogP contribution >= 0.6 is 0 Å². The minimum absolute atomic E-state index is 0.0833. The predicted octanol–water partition coefficient (Wildman–Crippen LogP) is 3.92. The van der Waals surface area contributed by atoms with Crippen LogP contribution in [0.1, 0.15) is 21.5 Å². The van der Waals surface area contributed by atoms with E-state index in [1.807, 2.05) is 0 Å². The molecule has 0 unspecified atom stereocenters. The number of hydrogen-bond donors (Lipinski definition) is 1. The minimum atomic E-state index is -4.00. The van der Waals surface area contributed by atoms with Gasteiger partial charge in [0.25, 0.3) is 10.0 Å². The van der Waals surface area contributed by atoms with E-state index in [1.54, 1.807) is 68.4 Å². The lowest BCUT2D eigenvalue weighted by Crippen LogP contribution is -2.38. The van der Waals surface area contributed by atoms with Crippen LogP contribution in [0.15, 0.2) is 77.7 Å². The zero-order valence-corrected chi connectivity index (χ0v) is 18.8. The van der Waals surface area contributed by atoms with Gasteiger partial charge in [-0.15, -0.1) is 0 Å². The molecule has 0 aromatic heterocycles. The second-order valence-corrected chi connectivity index (χ2v) is 9.04. The van der Waals surface area contributed by atoms with E-state index in [-0.39, 0.29) is 10.5 Å². The number of carbonyl (C=O) groups excluding carboxylic acids is 2. The number of nitrogens with one attached hydrogen (secondary N) is 1. The number of ether oxygens (including phenoxy) is 1. The second kappa shape index (κ2) is 9.65. The molecule has 3 rings (SSSR count). The lowest BCUT2D eigenvalue weighted by atomic mass is 10.1. The molecule has 32 heavy (non-hydrogen) atoms. The third-order valence-corrected chi connectivity index (χ3v) is 6.71. The molecule has 0 saturated heterocycles. The molecule has 166 valence electrons. The van der Waals surface area contributed by atoms with Crippen molar-refractivity contribution in [2.24, 2.45) is 0 Å². The maximum Gasteiger partial charge on any atom is 0.337 e. The summed E-state index contributed by atoms with van der Waals surface area (Å²) in [5.74, 6) is -1.08. The fourth-order valence-electron chi connectivity index (χ4n) is 3.18. The van der Waals surface area contributed by atoms with E-state index in [0.717, 1.165) is 9.87 Å². The van der Waals surface area contributed by atoms with Crippen LogP contribution in [-0.4, -0.2) is 33.9 Å². The summed E-state index contributed by atoms with van der Waals surface area (Å²) in [6, 6.07) is 19.7. The number of sulfonamides is 1. The van der Waals surface area contributed by atoms with Crippen molar-refractivity contribution in [2.75, 3.05) is 23.3 Å². The monoisotopic (exact) mass is 452 g/mol. The van der Waals surface area contributed by atoms with Crippen molar-refractivity contribution in [1.82, 2.24) is 0 Å². The number of methoxy groups -OCH3 is 1. The quantitative estimate of drug-likeness (QED) is 0.549. The van der Waals surface area contributed by atoms with E-state index < -0.39 is 28.4 Å². The Kier molecular flexibility index (Phi) is 6.95. The number of amides is 1. The fraction of sp³-hybridized carbons (Fsp3) is 0.167. The summed E-state index contributed by atoms with van der Waals surface area (Å²) in [6.45, 7) is 3.12. The molecule has 0 aliphatic rings. The van der Waals surface area contributed by atoms with Gasteiger partial charge in [-0.05, 0) is 55.3 Å². The minimum Gasteiger partial charge on any atom is -0.465 e. The van der Waals surface area contributed by atoms with Gasteiger partial charge < -0.3 is 10.1 Å². The molecule has 0 atom stereocenters. The maximum atomic E-state index is 13.4. The first-order valence-electron chi connectivity index (χ1n) is 9.86. The standard InChI is InChI=1S/C24H24N2O5S/c1-17-13-14-19(24(28)31-3)15-21(17)25-23(27)16-26(22-12-8-7-9-18(22)2)32(29,30)20-10-5-4-6-11-20/h4-15H,16H2,1-3H3,(H,25,27). The van der Waals surface area contributed by atoms with Gasteiger partial charge in [-0.3, -0.25) is 9.10 Å². The van der Waals surface area contributed by atoms with E-state index >= 15 is 0 Å². The van der Waals surface area contributed by atoms with Gasteiger partial charge in [-0.2, -0.15) is 0 Å². The number of esters is 1. The van der Waals surface area contributed by atoms with Crippen molar-refractivity contribution in [2.45, 2.75) is 18.7 Å². The molecule has 0 radical (unpaired) electrons. The molecule has 0 aliphatic heterocycles. The van der Waals surface area contributed by atoms with Gasteiger partial charge in [0.15, 0.2) is 0 Å². The number of nitrogens with zero attached hydrogens (tertiary/aromatic N) is 1. The van der Waals surface area contributed by atoms with E-state index in [2.05, 4.69) is 5.32 Å². The number of aryl methyl sites for hydroxylation is 2. The molecule has 7 nitrogen and oxygen atoms in total. The van der Waals surface area contributed by atoms with Crippen molar-refractivity contribution >= 4 is 33.3 Å². The molecular formula is C24H24N2O5S. The van der Waals surface area contributed by atoms with Crippen molar-refractivity contribution < 1.29 is 22.7 Å². The Morgan fingerprint density at radius 3 is 2.22 bits per heavy atom. The fourth-order valence-corrected chi connectivity index (χ4v) is 4.69. The molecule has 1 N–H and O–H groups in total. The first-order chi connectivity index (χ1) is 15.2. The molecule has 0 bridgehead atoms. The Bertz CT molecular complexity index is 1240. The summed E-state index contributed by atoms with van der Waals surface area (Å²) in [4.78, 5) is 24.9. The van der Waals surface area contributed by atoms with Crippen LogP contribution in [0.4, 0.5) is 11.4 Å². The summed E-state index contributed by atoms with van der Waals surface area (Å²) in [5.41, 5.74) is 2.52. The van der Waals surface area contributed by atoms with Crippen LogP contribution < -0.4 is 9.62 Å². The number of benzene rings is 3. The lowest BCUT2D eigenvalue weighted by Gasteiger charge is -2.25. The topological polar surface area (TPSA) is 92.8 Å². The lowest BCUT2D eigenvalue weighted by molar-refractivity contribution is -0.114. The number of anilines is 2. The summed E-state index contributed by atoms with van der Waals surface area (Å²) in [7, 11) is -2.73. The summed E-state index contributed by atoms with van der Waals surface area (Å²) >= 11 is 0. The largest absolute Gasteiger partial charge is 0.465 e. The van der Waals surface area contributed by atoms with Crippen molar-refractivity contribution in [3.8, 4) is 0 Å². The van der Waals surface area contributed by atoms with Crippen LogP contribution in [0.5, 0.6) is 0 Å². The van der Waals surface area contributed by atoms with Gasteiger partial charge in [0.1, 0.15) is 6.54 Å². The molecular weight excluding hydrogens is 428 g/mol. The highest BCUT2D eigenvalue weighted by atomic mass is 32.2. The molecule has 0 spiro atoms. The van der Waals surface area contributed by atoms with Gasteiger partial charge in [-0.25, -0.2) is 13.2 Å². The van der Waals surface area contributed by atoms with E-state index in [0.29, 0.717) is 16.9 Å². The first-order valence-corrected chi connectivity index (χ1v) is 11.3. The van der Waals surface area contributed by atoms with Crippen LogP contribution in [0.25, 0.3) is 0 Å². The second-order valence-electron chi connectivity index (χ2n) is 7.18. The van der Waals surface area contributed by atoms with Crippen molar-refractivity contribution in [3.05, 3.63) is 89.5 Å². The van der Waals surface area contributed by atoms with Gasteiger partial charge in [0.2, 0.25) is 5.91 Å². The molecule has 3 aromatic rings. The number of rotatable bonds is 7. The van der Waals surface area contributed by atoms with Crippen LogP contribution in [0.3, 0.4) is 0 Å². The zero-order chi connectivity index (χ0) is 23.3. The SMILES string of the molecule is COC(=O)c1ccc(C)c(NC(=O)CN(c2ccccc2C)S(=O)(=O)c2ccccc2)c1. The third-order valence-electron chi connectivity index (χ3n) is 4.94. The van der Waals surface area contributed by atoms with Crippen molar-refractivity contribution in [3.63, 3.8) is 0 Å². The van der Waals surface area contributed by atoms with Gasteiger partial charge in [-0.1, -0.05) is 42.5 Å². The Morgan fingerprint density at radius 1 is 0.906 bits per heavy atom. The molecule has 1 amide bonds. The highest BCUT2D eigenvalue weighted by molar-refractivity contribution is 7.92. The van der Waals surface area contributed by atoms with Crippen LogP contribution in [0.2, 0.25) is 0 Å². The zero-order valence-electron chi connectivity index (χ0n) is 18.0. The predicted molar refractivity (Wildman–Crippen MR) is 123 cm³/mol. The number of carbonyl (C=O) groups is 2. The van der Waals surface area contributed by atoms with Crippen molar-refractivity contribution in [1.29, 1.82) is 0 Å². The first kappa shape index (κ1) is 23.0. The smallest absolute Gasteiger partial charge is 0.337 e. The Labute approximate surface area is 187 Å². The van der Waals surface area contributed by atoms with Gasteiger partial charge >= 0.3 is 5.97 Å². The highest BCUT2D eigenvalue weighted by Gasteiger charge is 2.28. The van der Waals surface area contributed by atoms with Gasteiger partial charge in [0.05, 0.1) is 23.3 Å². The van der Waals surface area contributed by atoms with E-state index in [1.165, 1.54) is 25.3 Å². The summed E-state index contributed by atoms with van der Waals surface area (Å²) in [6.07, 6.45) is 0. The summed E-state index contributed by atoms with van der Waals surface area (Å²) < 4.78 is 32.6. The molecule has 0 saturated carbocycles. The van der Waals surface area contributed by atoms with Gasteiger partial charge in [0, 0.05) is 5.69 Å². The normalized spacial score (nSPS) is 11.0. The maximum absolute atomic E-state index is 13.4. The molecule has 0 aliphatic carbocycles. The number of hydrogen-bond acceptors (Lipinski definition) is 5. The molecule has 0 fully saturated rings.